The van der Waals surface area contributed by atoms with Gasteiger partial charge in [0.25, 0.3) is 5.91 Å². The fourth-order valence-electron chi connectivity index (χ4n) is 2.46. The van der Waals surface area contributed by atoms with Gasteiger partial charge in [-0.2, -0.15) is 5.26 Å². The van der Waals surface area contributed by atoms with Gasteiger partial charge in [-0.3, -0.25) is 4.79 Å². The van der Waals surface area contributed by atoms with Gasteiger partial charge in [0, 0.05) is 21.9 Å². The minimum Gasteiger partial charge on any atom is -0.476 e. The molecule has 1 amide bonds. The Balaban J connectivity index is 1.94. The number of nitrogens with zero attached hydrogens (tertiary/aromatic N) is 2. The van der Waals surface area contributed by atoms with Gasteiger partial charge < -0.3 is 15.0 Å². The van der Waals surface area contributed by atoms with Gasteiger partial charge >= 0.3 is 5.97 Å². The van der Waals surface area contributed by atoms with E-state index in [1.54, 1.807) is 54.7 Å². The highest BCUT2D eigenvalue weighted by atomic mass is 79.9. The first-order valence-corrected chi connectivity index (χ1v) is 8.31. The summed E-state index contributed by atoms with van der Waals surface area (Å²) in [4.78, 5) is 24.1. The molecule has 0 aliphatic carbocycles. The van der Waals surface area contributed by atoms with Gasteiger partial charge in [-0.05, 0) is 54.6 Å². The predicted octanol–water partition coefficient (Wildman–Crippen LogP) is 4.06. The number of nitrogens with one attached hydrogen (secondary N) is 1. The number of hydrogen-bond donors (Lipinski definition) is 2. The first-order valence-electron chi connectivity index (χ1n) is 7.51. The van der Waals surface area contributed by atoms with E-state index in [-0.39, 0.29) is 11.4 Å². The number of carbonyl (C=O) groups excluding carboxylic acids is 1. The van der Waals surface area contributed by atoms with E-state index in [0.29, 0.717) is 16.8 Å². The molecule has 128 valence electrons. The second-order valence-corrected chi connectivity index (χ2v) is 6.29. The summed E-state index contributed by atoms with van der Waals surface area (Å²) in [7, 11) is 0. The van der Waals surface area contributed by atoms with Crippen LogP contribution in [-0.2, 0) is 0 Å². The van der Waals surface area contributed by atoms with Crippen molar-refractivity contribution in [2.75, 3.05) is 5.32 Å². The van der Waals surface area contributed by atoms with E-state index in [9.17, 15) is 14.7 Å². The smallest absolute Gasteiger partial charge is 0.355 e. The lowest BCUT2D eigenvalue weighted by molar-refractivity contribution is 0.0689. The zero-order valence-electron chi connectivity index (χ0n) is 13.3. The number of rotatable bonds is 4. The van der Waals surface area contributed by atoms with Gasteiger partial charge in [0.2, 0.25) is 0 Å². The topological polar surface area (TPSA) is 95.1 Å². The molecule has 2 aromatic carbocycles. The number of amides is 1. The van der Waals surface area contributed by atoms with Crippen molar-refractivity contribution in [2.45, 2.75) is 0 Å². The van der Waals surface area contributed by atoms with E-state index in [1.165, 1.54) is 10.6 Å². The van der Waals surface area contributed by atoms with Crippen LogP contribution in [0.2, 0.25) is 0 Å². The standard InChI is InChI=1S/C19H12BrN3O3/c20-14-5-3-13(4-6-14)18(24)22-16-9-10-23(17(16)19(25)26)15-7-1-12(11-21)2-8-15/h1-10H,(H,22,24)(H,25,26). The highest BCUT2D eigenvalue weighted by Crippen LogP contribution is 2.23. The first kappa shape index (κ1) is 17.5. The maximum Gasteiger partial charge on any atom is 0.355 e. The van der Waals surface area contributed by atoms with Crippen LogP contribution in [0.1, 0.15) is 26.4 Å². The number of carbonyl (C=O) groups is 2. The molecule has 1 aromatic heterocycles. The SMILES string of the molecule is N#Cc1ccc(-n2ccc(NC(=O)c3ccc(Br)cc3)c2C(=O)O)cc1. The maximum absolute atomic E-state index is 12.4. The van der Waals surface area contributed by atoms with E-state index < -0.39 is 11.9 Å². The minimum atomic E-state index is -1.18. The summed E-state index contributed by atoms with van der Waals surface area (Å²) in [6, 6.07) is 16.8. The molecule has 1 heterocycles. The van der Waals surface area contributed by atoms with Crippen molar-refractivity contribution >= 4 is 33.5 Å². The van der Waals surface area contributed by atoms with Crippen LogP contribution in [0.4, 0.5) is 5.69 Å². The third kappa shape index (κ3) is 3.50. The molecule has 0 fully saturated rings. The Labute approximate surface area is 157 Å². The van der Waals surface area contributed by atoms with Crippen molar-refractivity contribution in [3.8, 4) is 11.8 Å². The van der Waals surface area contributed by atoms with Crippen molar-refractivity contribution in [1.29, 1.82) is 5.26 Å². The fraction of sp³-hybridized carbons (Fsp3) is 0. The number of hydrogen-bond acceptors (Lipinski definition) is 3. The molecular formula is C19H12BrN3O3. The van der Waals surface area contributed by atoms with Crippen LogP contribution in [0.25, 0.3) is 5.69 Å². The van der Waals surface area contributed by atoms with Gasteiger partial charge in [-0.1, -0.05) is 15.9 Å². The van der Waals surface area contributed by atoms with Crippen molar-refractivity contribution in [3.05, 3.63) is 82.1 Å². The molecule has 6 nitrogen and oxygen atoms in total. The summed E-state index contributed by atoms with van der Waals surface area (Å²) in [5, 5.41) is 21.1. The molecule has 0 atom stereocenters. The molecule has 0 spiro atoms. The van der Waals surface area contributed by atoms with Crippen molar-refractivity contribution in [3.63, 3.8) is 0 Å². The number of aromatic carboxylic acids is 1. The summed E-state index contributed by atoms with van der Waals surface area (Å²) >= 11 is 3.30. The highest BCUT2D eigenvalue weighted by molar-refractivity contribution is 9.10. The second-order valence-electron chi connectivity index (χ2n) is 5.37. The Kier molecular flexibility index (Phi) is 4.87. The Hall–Kier alpha value is -3.37. The molecule has 0 aliphatic heterocycles. The summed E-state index contributed by atoms with van der Waals surface area (Å²) in [6.07, 6.45) is 1.56. The summed E-state index contributed by atoms with van der Waals surface area (Å²) in [5.41, 5.74) is 1.58. The summed E-state index contributed by atoms with van der Waals surface area (Å²) in [6.45, 7) is 0. The minimum absolute atomic E-state index is 0.0693. The first-order chi connectivity index (χ1) is 12.5. The third-order valence-corrected chi connectivity index (χ3v) is 4.25. The van der Waals surface area contributed by atoms with Gasteiger partial charge in [0.05, 0.1) is 17.3 Å². The Morgan fingerprint density at radius 1 is 1.04 bits per heavy atom. The molecule has 7 heteroatoms. The lowest BCUT2D eigenvalue weighted by atomic mass is 10.2. The number of benzene rings is 2. The molecule has 3 aromatic rings. The molecule has 0 bridgehead atoms. The maximum atomic E-state index is 12.4. The Morgan fingerprint density at radius 3 is 2.27 bits per heavy atom. The van der Waals surface area contributed by atoms with Crippen LogP contribution in [0, 0.1) is 11.3 Å². The monoisotopic (exact) mass is 409 g/mol. The average Bonchev–Trinajstić information content (AvgIpc) is 3.06. The van der Waals surface area contributed by atoms with Gasteiger partial charge in [-0.25, -0.2) is 4.79 Å². The molecule has 2 N–H and O–H groups in total. The zero-order valence-corrected chi connectivity index (χ0v) is 14.9. The van der Waals surface area contributed by atoms with Crippen molar-refractivity contribution in [2.24, 2.45) is 0 Å². The molecule has 3 rings (SSSR count). The van der Waals surface area contributed by atoms with Crippen molar-refractivity contribution in [1.82, 2.24) is 4.57 Å². The Morgan fingerprint density at radius 2 is 1.69 bits per heavy atom. The molecule has 0 radical (unpaired) electrons. The van der Waals surface area contributed by atoms with Gasteiger partial charge in [-0.15, -0.1) is 0 Å². The predicted molar refractivity (Wildman–Crippen MR) is 99.5 cm³/mol. The number of nitriles is 1. The van der Waals surface area contributed by atoms with Crippen molar-refractivity contribution < 1.29 is 14.7 Å². The van der Waals surface area contributed by atoms with E-state index in [2.05, 4.69) is 21.2 Å². The van der Waals surface area contributed by atoms with E-state index in [1.807, 2.05) is 6.07 Å². The second kappa shape index (κ2) is 7.25. The van der Waals surface area contributed by atoms with Gasteiger partial charge in [0.1, 0.15) is 0 Å². The fourth-order valence-corrected chi connectivity index (χ4v) is 2.72. The molecule has 0 saturated carbocycles. The Bertz CT molecular complexity index is 1020. The highest BCUT2D eigenvalue weighted by Gasteiger charge is 2.19. The summed E-state index contributed by atoms with van der Waals surface area (Å²) < 4.78 is 2.29. The molecule has 0 saturated heterocycles. The van der Waals surface area contributed by atoms with Gasteiger partial charge in [0.15, 0.2) is 5.69 Å². The van der Waals surface area contributed by atoms with Crippen LogP contribution in [0.3, 0.4) is 0 Å². The summed E-state index contributed by atoms with van der Waals surface area (Å²) in [5.74, 6) is -1.58. The number of carboxylic acid groups (broad SMARTS) is 1. The van der Waals surface area contributed by atoms with Crippen LogP contribution in [0.5, 0.6) is 0 Å². The number of anilines is 1. The van der Waals surface area contributed by atoms with Crippen LogP contribution < -0.4 is 5.32 Å². The molecular weight excluding hydrogens is 398 g/mol. The average molecular weight is 410 g/mol. The van der Waals surface area contributed by atoms with Crippen LogP contribution >= 0.6 is 15.9 Å². The van der Waals surface area contributed by atoms with E-state index >= 15 is 0 Å². The van der Waals surface area contributed by atoms with E-state index in [4.69, 9.17) is 5.26 Å². The lowest BCUT2D eigenvalue weighted by Gasteiger charge is -2.09. The number of carboxylic acids is 1. The normalized spacial score (nSPS) is 10.2. The van der Waals surface area contributed by atoms with Crippen LogP contribution in [0.15, 0.2) is 65.3 Å². The van der Waals surface area contributed by atoms with E-state index in [0.717, 1.165) is 4.47 Å². The number of halogens is 1. The molecule has 26 heavy (non-hydrogen) atoms. The molecule has 0 aliphatic rings. The van der Waals surface area contributed by atoms with Crippen LogP contribution in [-0.4, -0.2) is 21.6 Å². The lowest BCUT2D eigenvalue weighted by Crippen LogP contribution is -2.15. The quantitative estimate of drug-likeness (QED) is 0.678. The third-order valence-electron chi connectivity index (χ3n) is 3.72. The largest absolute Gasteiger partial charge is 0.476 e. The number of aromatic nitrogens is 1. The zero-order chi connectivity index (χ0) is 18.7. The molecule has 0 unspecified atom stereocenters.